The predicted molar refractivity (Wildman–Crippen MR) is 214 cm³/mol. The molecule has 302 valence electrons. The van der Waals surface area contributed by atoms with Gasteiger partial charge in [-0.2, -0.15) is 0 Å². The van der Waals surface area contributed by atoms with Gasteiger partial charge in [0.1, 0.15) is 0 Å². The first kappa shape index (κ1) is 49.8. The molecule has 0 unspecified atom stereocenters. The Balaban J connectivity index is 3.65. The molecular weight excluding hydrogens is 624 g/mol. The van der Waals surface area contributed by atoms with Crippen LogP contribution in [0.25, 0.3) is 0 Å². The Bertz CT molecular complexity index is 546. The fourth-order valence-corrected chi connectivity index (χ4v) is 6.45. The van der Waals surface area contributed by atoms with E-state index in [2.05, 4.69) is 41.5 Å². The summed E-state index contributed by atoms with van der Waals surface area (Å²) in [6, 6.07) is 0. The van der Waals surface area contributed by atoms with Crippen molar-refractivity contribution in [3.05, 3.63) is 0 Å². The molecule has 0 aromatic heterocycles. The molecule has 0 aliphatic rings. The summed E-state index contributed by atoms with van der Waals surface area (Å²) in [5, 5.41) is 0. The maximum absolute atomic E-state index is 6.11. The van der Waals surface area contributed by atoms with Gasteiger partial charge in [0.15, 0.2) is 0 Å². The lowest BCUT2D eigenvalue weighted by Gasteiger charge is -2.33. The van der Waals surface area contributed by atoms with Gasteiger partial charge in [-0.15, -0.1) is 0 Å². The molecule has 6 nitrogen and oxygen atoms in total. The first-order valence-corrected chi connectivity index (χ1v) is 22.4. The highest BCUT2D eigenvalue weighted by Crippen LogP contribution is 2.27. The van der Waals surface area contributed by atoms with Gasteiger partial charge in [0.2, 0.25) is 0 Å². The normalized spacial score (nSPS) is 12.4. The van der Waals surface area contributed by atoms with Gasteiger partial charge < -0.3 is 28.4 Å². The summed E-state index contributed by atoms with van der Waals surface area (Å²) in [6.45, 7) is 17.0. The summed E-state index contributed by atoms with van der Waals surface area (Å²) >= 11 is 0. The van der Waals surface area contributed by atoms with Gasteiger partial charge in [-0.05, 0) is 51.4 Å². The quantitative estimate of drug-likeness (QED) is 0.0463. The molecule has 50 heavy (non-hydrogen) atoms. The van der Waals surface area contributed by atoms with Crippen LogP contribution in [-0.2, 0) is 28.4 Å². The molecule has 0 heterocycles. The largest absolute Gasteiger partial charge is 0.327 e. The Morgan fingerprint density at radius 2 is 0.360 bits per heavy atom. The second-order valence-electron chi connectivity index (χ2n) is 14.7. The monoisotopic (exact) mass is 715 g/mol. The highest BCUT2D eigenvalue weighted by atomic mass is 16.9. The van der Waals surface area contributed by atoms with E-state index in [9.17, 15) is 0 Å². The molecule has 0 fully saturated rings. The Hall–Kier alpha value is -0.240. The van der Waals surface area contributed by atoms with Crippen LogP contribution in [0, 0.1) is 0 Å². The second-order valence-corrected chi connectivity index (χ2v) is 14.7. The molecule has 0 bridgehead atoms. The van der Waals surface area contributed by atoms with Crippen molar-refractivity contribution in [2.75, 3.05) is 39.6 Å². The molecule has 0 N–H and O–H groups in total. The van der Waals surface area contributed by atoms with Crippen molar-refractivity contribution < 1.29 is 28.4 Å². The summed E-state index contributed by atoms with van der Waals surface area (Å²) in [6.07, 6.45) is 37.5. The standard InChI is InChI=1S/C44H90O6/c1-7-37-45-43(46-38-8-2,47-39-9-3)35-33-31-29-27-25-23-21-19-17-15-13-14-16-18-20-22-24-26-28-30-32-34-36-44(48-40-10-4,49-41-11-5)50-42-12-6/h7-42H2,1-6H3. The smallest absolute Gasteiger partial charge is 0.282 e. The Morgan fingerprint density at radius 1 is 0.220 bits per heavy atom. The molecule has 0 aromatic carbocycles. The molecule has 0 aliphatic heterocycles. The van der Waals surface area contributed by atoms with Crippen LogP contribution in [0.15, 0.2) is 0 Å². The van der Waals surface area contributed by atoms with E-state index >= 15 is 0 Å². The van der Waals surface area contributed by atoms with Crippen LogP contribution in [0.4, 0.5) is 0 Å². The SMILES string of the molecule is CCCOC(CCCCCCCCCCCCCCCCCCCCCCCCC(OCCC)(OCCC)OCCC)(OCCC)OCCC. The average Bonchev–Trinajstić information content (AvgIpc) is 3.14. The molecule has 0 rings (SSSR count). The third-order valence-corrected chi connectivity index (χ3v) is 9.37. The molecule has 0 spiro atoms. The maximum Gasteiger partial charge on any atom is 0.282 e. The molecule has 0 saturated heterocycles. The van der Waals surface area contributed by atoms with Crippen molar-refractivity contribution in [2.45, 2.75) is 246 Å². The summed E-state index contributed by atoms with van der Waals surface area (Å²) in [7, 11) is 0. The van der Waals surface area contributed by atoms with E-state index in [1.165, 1.54) is 128 Å². The number of unbranched alkanes of at least 4 members (excludes halogenated alkanes) is 21. The molecule has 0 atom stereocenters. The zero-order valence-electron chi connectivity index (χ0n) is 34.9. The van der Waals surface area contributed by atoms with Gasteiger partial charge in [-0.3, -0.25) is 0 Å². The van der Waals surface area contributed by atoms with Crippen molar-refractivity contribution in [1.82, 2.24) is 0 Å². The zero-order chi connectivity index (χ0) is 36.7. The van der Waals surface area contributed by atoms with Gasteiger partial charge in [0.05, 0.1) is 39.6 Å². The van der Waals surface area contributed by atoms with Crippen molar-refractivity contribution >= 4 is 0 Å². The summed E-state index contributed by atoms with van der Waals surface area (Å²) in [4.78, 5) is 0. The predicted octanol–water partition coefficient (Wildman–Crippen LogP) is 14.2. The molecular formula is C44H90O6. The topological polar surface area (TPSA) is 55.4 Å². The van der Waals surface area contributed by atoms with Crippen molar-refractivity contribution in [3.63, 3.8) is 0 Å². The average molecular weight is 715 g/mol. The van der Waals surface area contributed by atoms with Gasteiger partial charge in [-0.25, -0.2) is 0 Å². The minimum absolute atomic E-state index is 0.694. The van der Waals surface area contributed by atoms with Crippen molar-refractivity contribution in [1.29, 1.82) is 0 Å². The molecule has 0 aliphatic carbocycles. The molecule has 0 saturated carbocycles. The van der Waals surface area contributed by atoms with Crippen LogP contribution in [0.5, 0.6) is 0 Å². The fraction of sp³-hybridized carbons (Fsp3) is 1.00. The number of ether oxygens (including phenoxy) is 6. The molecule has 0 radical (unpaired) electrons. The Kier molecular flexibility index (Phi) is 38.3. The van der Waals surface area contributed by atoms with E-state index in [1.54, 1.807) is 0 Å². The van der Waals surface area contributed by atoms with E-state index in [0.717, 1.165) is 64.2 Å². The van der Waals surface area contributed by atoms with E-state index < -0.39 is 11.9 Å². The van der Waals surface area contributed by atoms with Gasteiger partial charge >= 0.3 is 0 Å². The third-order valence-electron chi connectivity index (χ3n) is 9.37. The van der Waals surface area contributed by atoms with Crippen LogP contribution in [0.3, 0.4) is 0 Å². The maximum atomic E-state index is 6.11. The molecule has 6 heteroatoms. The van der Waals surface area contributed by atoms with E-state index in [0.29, 0.717) is 39.6 Å². The lowest BCUT2D eigenvalue weighted by atomic mass is 10.0. The van der Waals surface area contributed by atoms with Crippen LogP contribution in [0.1, 0.15) is 234 Å². The third kappa shape index (κ3) is 30.2. The Morgan fingerprint density at radius 3 is 0.500 bits per heavy atom. The summed E-state index contributed by atoms with van der Waals surface area (Å²) in [5.74, 6) is -1.65. The first-order chi connectivity index (χ1) is 24.6. The minimum Gasteiger partial charge on any atom is -0.327 e. The lowest BCUT2D eigenvalue weighted by Crippen LogP contribution is -2.40. The number of hydrogen-bond donors (Lipinski definition) is 0. The van der Waals surface area contributed by atoms with Crippen LogP contribution in [0.2, 0.25) is 0 Å². The number of hydrogen-bond acceptors (Lipinski definition) is 6. The summed E-state index contributed by atoms with van der Waals surface area (Å²) < 4.78 is 36.6. The minimum atomic E-state index is -0.823. The Labute approximate surface area is 313 Å². The van der Waals surface area contributed by atoms with Gasteiger partial charge in [0.25, 0.3) is 11.9 Å². The highest BCUT2D eigenvalue weighted by Gasteiger charge is 2.33. The van der Waals surface area contributed by atoms with Gasteiger partial charge in [0, 0.05) is 12.8 Å². The second kappa shape index (κ2) is 38.5. The van der Waals surface area contributed by atoms with E-state index in [4.69, 9.17) is 28.4 Å². The van der Waals surface area contributed by atoms with Crippen molar-refractivity contribution in [2.24, 2.45) is 0 Å². The first-order valence-electron chi connectivity index (χ1n) is 22.4. The van der Waals surface area contributed by atoms with Crippen LogP contribution in [-0.4, -0.2) is 51.6 Å². The number of rotatable bonds is 43. The van der Waals surface area contributed by atoms with Crippen LogP contribution >= 0.6 is 0 Å². The lowest BCUT2D eigenvalue weighted by molar-refractivity contribution is -0.384. The van der Waals surface area contributed by atoms with Crippen LogP contribution < -0.4 is 0 Å². The van der Waals surface area contributed by atoms with E-state index in [1.807, 2.05) is 0 Å². The highest BCUT2D eigenvalue weighted by molar-refractivity contribution is 4.62. The van der Waals surface area contributed by atoms with E-state index in [-0.39, 0.29) is 0 Å². The molecule has 0 amide bonds. The zero-order valence-corrected chi connectivity index (χ0v) is 34.9. The summed E-state index contributed by atoms with van der Waals surface area (Å²) in [5.41, 5.74) is 0. The molecule has 0 aromatic rings. The van der Waals surface area contributed by atoms with Gasteiger partial charge in [-0.1, -0.05) is 170 Å². The fourth-order valence-electron chi connectivity index (χ4n) is 6.45. The van der Waals surface area contributed by atoms with Crippen molar-refractivity contribution in [3.8, 4) is 0 Å².